The highest BCUT2D eigenvalue weighted by Gasteiger charge is 2.22. The van der Waals surface area contributed by atoms with Crippen molar-refractivity contribution in [2.24, 2.45) is 0 Å². The lowest BCUT2D eigenvalue weighted by Crippen LogP contribution is -2.14. The van der Waals surface area contributed by atoms with E-state index in [0.717, 1.165) is 38.5 Å². The molecule has 0 heterocycles. The lowest BCUT2D eigenvalue weighted by Gasteiger charge is -2.27. The second-order valence-corrected chi connectivity index (χ2v) is 13.1. The summed E-state index contributed by atoms with van der Waals surface area (Å²) in [5.74, 6) is 0. The average molecular weight is 810 g/mol. The van der Waals surface area contributed by atoms with Crippen LogP contribution in [0.1, 0.15) is 70.8 Å². The van der Waals surface area contributed by atoms with Gasteiger partial charge in [-0.05, 0) is 193 Å². The zero-order valence-corrected chi connectivity index (χ0v) is 27.8. The van der Waals surface area contributed by atoms with Crippen molar-refractivity contribution in [2.45, 2.75) is 59.3 Å². The van der Waals surface area contributed by atoms with E-state index in [4.69, 9.17) is 0 Å². The molecule has 0 unspecified atom stereocenters. The molecule has 3 heteroatoms. The highest BCUT2D eigenvalue weighted by atomic mass is 127. The molecule has 0 atom stereocenters. The van der Waals surface area contributed by atoms with Gasteiger partial charge in [0.1, 0.15) is 0 Å². The van der Waals surface area contributed by atoms with E-state index < -0.39 is 0 Å². The maximum atomic E-state index is 2.40. The number of halogens is 3. The van der Waals surface area contributed by atoms with Crippen LogP contribution < -0.4 is 0 Å². The summed E-state index contributed by atoms with van der Waals surface area (Å²) in [7, 11) is 0. The van der Waals surface area contributed by atoms with Crippen LogP contribution in [0.15, 0.2) is 72.8 Å². The molecule has 0 amide bonds. The highest BCUT2D eigenvalue weighted by Crippen LogP contribution is 2.35. The Morgan fingerprint density at radius 2 is 0.583 bits per heavy atom. The van der Waals surface area contributed by atoms with E-state index in [9.17, 15) is 0 Å². The average Bonchev–Trinajstić information content (AvgIpc) is 2.88. The molecule has 0 spiro atoms. The summed E-state index contributed by atoms with van der Waals surface area (Å²) in [6.07, 6.45) is 6.24. The molecule has 36 heavy (non-hydrogen) atoms. The van der Waals surface area contributed by atoms with Crippen LogP contribution in [0.4, 0.5) is 0 Å². The first kappa shape index (κ1) is 28.1. The molecule has 0 aliphatic rings. The zero-order valence-electron chi connectivity index (χ0n) is 21.3. The second kappa shape index (κ2) is 13.2. The standard InChI is InChI=1S/C33H33I3/c1-4-28-31(19-22-7-13-25(34)14-8-22)29(5-2)33(21-24-11-17-27(36)18-12-24)30(6-3)32(28)20-23-9-15-26(35)16-10-23/h7-18H,4-6,19-21H2,1-3H3. The largest absolute Gasteiger partial charge is 0.0613 e. The van der Waals surface area contributed by atoms with E-state index in [1.165, 1.54) is 27.4 Å². The first-order valence-electron chi connectivity index (χ1n) is 12.8. The van der Waals surface area contributed by atoms with Crippen molar-refractivity contribution in [1.29, 1.82) is 0 Å². The molecule has 0 fully saturated rings. The lowest BCUT2D eigenvalue weighted by molar-refractivity contribution is 0.899. The van der Waals surface area contributed by atoms with Gasteiger partial charge in [0.2, 0.25) is 0 Å². The van der Waals surface area contributed by atoms with E-state index >= 15 is 0 Å². The van der Waals surface area contributed by atoms with Crippen molar-refractivity contribution < 1.29 is 0 Å². The lowest BCUT2D eigenvalue weighted by atomic mass is 9.78. The second-order valence-electron chi connectivity index (χ2n) is 9.34. The molecular weight excluding hydrogens is 777 g/mol. The Bertz CT molecular complexity index is 1110. The summed E-state index contributed by atoms with van der Waals surface area (Å²) in [6, 6.07) is 27.3. The molecule has 4 aromatic rings. The Kier molecular flexibility index (Phi) is 10.3. The molecule has 4 aromatic carbocycles. The fraction of sp³-hybridized carbons (Fsp3) is 0.273. The fourth-order valence-electron chi connectivity index (χ4n) is 5.43. The van der Waals surface area contributed by atoms with Crippen LogP contribution in [-0.4, -0.2) is 0 Å². The van der Waals surface area contributed by atoms with Crippen LogP contribution in [-0.2, 0) is 38.5 Å². The monoisotopic (exact) mass is 810 g/mol. The molecule has 4 rings (SSSR count). The Morgan fingerprint density at radius 3 is 0.778 bits per heavy atom. The van der Waals surface area contributed by atoms with Crippen molar-refractivity contribution >= 4 is 67.8 Å². The minimum Gasteiger partial charge on any atom is -0.0613 e. The number of hydrogen-bond donors (Lipinski definition) is 0. The van der Waals surface area contributed by atoms with E-state index in [0.29, 0.717) is 0 Å². The highest BCUT2D eigenvalue weighted by molar-refractivity contribution is 14.1. The van der Waals surface area contributed by atoms with Gasteiger partial charge >= 0.3 is 0 Å². The minimum atomic E-state index is 1.01. The summed E-state index contributed by atoms with van der Waals surface area (Å²) in [5, 5.41) is 0. The van der Waals surface area contributed by atoms with Gasteiger partial charge in [-0.1, -0.05) is 57.2 Å². The SMILES string of the molecule is CCc1c(Cc2ccc(I)cc2)c(CC)c(Cc2ccc(I)cc2)c(CC)c1Cc1ccc(I)cc1. The Balaban J connectivity index is 1.93. The molecule has 0 bridgehead atoms. The minimum absolute atomic E-state index is 1.01. The van der Waals surface area contributed by atoms with Gasteiger partial charge < -0.3 is 0 Å². The molecule has 0 N–H and O–H groups in total. The fourth-order valence-corrected chi connectivity index (χ4v) is 6.51. The van der Waals surface area contributed by atoms with E-state index in [1.54, 1.807) is 33.4 Å². The first-order chi connectivity index (χ1) is 17.4. The molecule has 0 aliphatic carbocycles. The quantitative estimate of drug-likeness (QED) is 0.148. The van der Waals surface area contributed by atoms with E-state index in [2.05, 4.69) is 161 Å². The van der Waals surface area contributed by atoms with Crippen LogP contribution in [0.3, 0.4) is 0 Å². The number of hydrogen-bond acceptors (Lipinski definition) is 0. The normalized spacial score (nSPS) is 11.2. The molecular formula is C33H33I3. The topological polar surface area (TPSA) is 0 Å². The van der Waals surface area contributed by atoms with Crippen molar-refractivity contribution in [3.05, 3.63) is 134 Å². The van der Waals surface area contributed by atoms with Gasteiger partial charge in [0.15, 0.2) is 0 Å². The molecule has 0 saturated carbocycles. The van der Waals surface area contributed by atoms with Gasteiger partial charge in [-0.2, -0.15) is 0 Å². The number of benzene rings is 4. The van der Waals surface area contributed by atoms with Crippen LogP contribution in [0.5, 0.6) is 0 Å². The molecule has 0 radical (unpaired) electrons. The molecule has 0 nitrogen and oxygen atoms in total. The molecule has 0 saturated heterocycles. The van der Waals surface area contributed by atoms with Gasteiger partial charge in [0.05, 0.1) is 0 Å². The van der Waals surface area contributed by atoms with Crippen LogP contribution >= 0.6 is 67.8 Å². The number of rotatable bonds is 9. The van der Waals surface area contributed by atoms with Crippen LogP contribution in [0.2, 0.25) is 0 Å². The Labute approximate surface area is 258 Å². The van der Waals surface area contributed by atoms with E-state index in [1.807, 2.05) is 0 Å². The van der Waals surface area contributed by atoms with Gasteiger partial charge in [-0.25, -0.2) is 0 Å². The molecule has 0 aromatic heterocycles. The van der Waals surface area contributed by atoms with Gasteiger partial charge in [-0.3, -0.25) is 0 Å². The summed E-state index contributed by atoms with van der Waals surface area (Å²) < 4.78 is 3.88. The maximum Gasteiger partial charge on any atom is 0.0130 e. The van der Waals surface area contributed by atoms with Gasteiger partial charge in [0, 0.05) is 10.7 Å². The summed E-state index contributed by atoms with van der Waals surface area (Å²) in [4.78, 5) is 0. The third-order valence-corrected chi connectivity index (χ3v) is 9.29. The van der Waals surface area contributed by atoms with Crippen molar-refractivity contribution in [1.82, 2.24) is 0 Å². The summed E-state index contributed by atoms with van der Waals surface area (Å²) >= 11 is 7.21. The van der Waals surface area contributed by atoms with Crippen molar-refractivity contribution in [3.8, 4) is 0 Å². The van der Waals surface area contributed by atoms with Gasteiger partial charge in [0.25, 0.3) is 0 Å². The predicted molar refractivity (Wildman–Crippen MR) is 180 cm³/mol. The zero-order chi connectivity index (χ0) is 25.7. The third-order valence-electron chi connectivity index (χ3n) is 7.13. The third kappa shape index (κ3) is 6.73. The van der Waals surface area contributed by atoms with E-state index in [-0.39, 0.29) is 0 Å². The van der Waals surface area contributed by atoms with Crippen molar-refractivity contribution in [2.75, 3.05) is 0 Å². The predicted octanol–water partition coefficient (Wildman–Crippen LogP) is 9.96. The molecule has 0 aliphatic heterocycles. The smallest absolute Gasteiger partial charge is 0.0130 e. The maximum absolute atomic E-state index is 2.40. The molecule has 186 valence electrons. The summed E-state index contributed by atoms with van der Waals surface area (Å²) in [6.45, 7) is 7.05. The Hall–Kier alpha value is -0.930. The van der Waals surface area contributed by atoms with Crippen LogP contribution in [0, 0.1) is 10.7 Å². The first-order valence-corrected chi connectivity index (χ1v) is 16.1. The van der Waals surface area contributed by atoms with Crippen molar-refractivity contribution in [3.63, 3.8) is 0 Å². The Morgan fingerprint density at radius 1 is 0.361 bits per heavy atom. The van der Waals surface area contributed by atoms with Crippen LogP contribution in [0.25, 0.3) is 0 Å². The summed E-state index contributed by atoms with van der Waals surface area (Å²) in [5.41, 5.74) is 13.7. The van der Waals surface area contributed by atoms with Gasteiger partial charge in [-0.15, -0.1) is 0 Å².